The summed E-state index contributed by atoms with van der Waals surface area (Å²) < 4.78 is 5.79. The Balaban J connectivity index is 1.26. The van der Waals surface area contributed by atoms with E-state index >= 15 is 0 Å². The van der Waals surface area contributed by atoms with Crippen LogP contribution in [-0.2, 0) is 11.3 Å². The van der Waals surface area contributed by atoms with Gasteiger partial charge in [0.2, 0.25) is 17.7 Å². The van der Waals surface area contributed by atoms with Gasteiger partial charge in [0.1, 0.15) is 0 Å². The van der Waals surface area contributed by atoms with Crippen molar-refractivity contribution >= 4 is 40.3 Å². The smallest absolute Gasteiger partial charge is 0.249 e. The Labute approximate surface area is 181 Å². The van der Waals surface area contributed by atoms with Gasteiger partial charge in [-0.2, -0.15) is 0 Å². The van der Waals surface area contributed by atoms with Crippen molar-refractivity contribution < 1.29 is 9.21 Å². The van der Waals surface area contributed by atoms with Gasteiger partial charge < -0.3 is 14.3 Å². The van der Waals surface area contributed by atoms with Gasteiger partial charge in [0, 0.05) is 6.04 Å². The quantitative estimate of drug-likeness (QED) is 0.425. The minimum atomic E-state index is 0.0282. The average Bonchev–Trinajstić information content (AvgIpc) is 3.34. The Hall–Kier alpha value is -2.84. The van der Waals surface area contributed by atoms with Crippen LogP contribution in [0.3, 0.4) is 0 Å². The van der Waals surface area contributed by atoms with Gasteiger partial charge >= 0.3 is 0 Å². The lowest BCUT2D eigenvalue weighted by atomic mass is 10.2. The predicted molar refractivity (Wildman–Crippen MR) is 115 cm³/mol. The van der Waals surface area contributed by atoms with Gasteiger partial charge in [-0.25, -0.2) is 4.98 Å². The zero-order valence-electron chi connectivity index (χ0n) is 15.9. The van der Waals surface area contributed by atoms with Gasteiger partial charge in [-0.05, 0) is 37.1 Å². The summed E-state index contributed by atoms with van der Waals surface area (Å²) in [5.41, 5.74) is 2.54. The van der Waals surface area contributed by atoms with Crippen molar-refractivity contribution in [2.45, 2.75) is 30.6 Å². The predicted octanol–water partition coefficient (Wildman–Crippen LogP) is 4.55. The molecule has 0 saturated heterocycles. The summed E-state index contributed by atoms with van der Waals surface area (Å²) in [7, 11) is 0. The van der Waals surface area contributed by atoms with Crippen molar-refractivity contribution in [2.24, 2.45) is 0 Å². The molecule has 0 atom stereocenters. The lowest BCUT2D eigenvalue weighted by Gasteiger charge is -2.20. The number of aromatic nitrogens is 4. The number of benzene rings is 2. The Morgan fingerprint density at radius 1 is 1.17 bits per heavy atom. The number of hydrogen-bond donors (Lipinski definition) is 1. The van der Waals surface area contributed by atoms with Crippen molar-refractivity contribution in [1.29, 1.82) is 0 Å². The van der Waals surface area contributed by atoms with Crippen LogP contribution in [0.1, 0.15) is 18.7 Å². The van der Waals surface area contributed by atoms with Gasteiger partial charge in [0.25, 0.3) is 0 Å². The Kier molecular flexibility index (Phi) is 5.18. The number of halogens is 1. The second kappa shape index (κ2) is 8.12. The highest BCUT2D eigenvalue weighted by Gasteiger charge is 2.33. The average molecular weight is 440 g/mol. The number of nitrogens with one attached hydrogen (secondary N) is 1. The standard InChI is InChI=1S/C21H18ClN5O2S/c22-15-6-2-1-5-14(15)20-26-25-18(29-20)11-27(13-9-10-13)19(28)12-30-21-23-16-7-3-4-8-17(16)24-21/h1-8,13H,9-12H2,(H,23,24). The molecule has 152 valence electrons. The first-order valence-corrected chi connectivity index (χ1v) is 11.0. The molecule has 1 N–H and O–H groups in total. The normalized spacial score (nSPS) is 13.6. The van der Waals surface area contributed by atoms with Gasteiger partial charge in [0.15, 0.2) is 5.16 Å². The second-order valence-corrected chi connectivity index (χ2v) is 8.45. The summed E-state index contributed by atoms with van der Waals surface area (Å²) in [5, 5.41) is 9.50. The molecule has 7 nitrogen and oxygen atoms in total. The lowest BCUT2D eigenvalue weighted by Crippen LogP contribution is -2.34. The maximum absolute atomic E-state index is 12.9. The van der Waals surface area contributed by atoms with E-state index in [1.54, 1.807) is 6.07 Å². The molecule has 0 radical (unpaired) electrons. The van der Waals surface area contributed by atoms with Crippen LogP contribution in [0.25, 0.3) is 22.5 Å². The molecule has 2 aromatic heterocycles. The van der Waals surface area contributed by atoms with E-state index in [2.05, 4.69) is 20.2 Å². The van der Waals surface area contributed by atoms with Crippen LogP contribution in [0.5, 0.6) is 0 Å². The molecule has 1 aliphatic rings. The summed E-state index contributed by atoms with van der Waals surface area (Å²) >= 11 is 7.61. The summed E-state index contributed by atoms with van der Waals surface area (Å²) in [6.07, 6.45) is 1.99. The molecule has 9 heteroatoms. The molecular weight excluding hydrogens is 422 g/mol. The Morgan fingerprint density at radius 3 is 2.77 bits per heavy atom. The number of carbonyl (C=O) groups is 1. The van der Waals surface area contributed by atoms with Crippen LogP contribution in [0.15, 0.2) is 58.1 Å². The van der Waals surface area contributed by atoms with Gasteiger partial charge in [-0.3, -0.25) is 4.79 Å². The van der Waals surface area contributed by atoms with Crippen LogP contribution in [0.4, 0.5) is 0 Å². The number of H-pyrrole nitrogens is 1. The fourth-order valence-electron chi connectivity index (χ4n) is 3.22. The highest BCUT2D eigenvalue weighted by molar-refractivity contribution is 7.99. The first kappa shape index (κ1) is 19.1. The molecule has 2 aromatic carbocycles. The molecular formula is C21H18ClN5O2S. The third-order valence-electron chi connectivity index (χ3n) is 4.88. The zero-order valence-corrected chi connectivity index (χ0v) is 17.5. The largest absolute Gasteiger partial charge is 0.419 e. The van der Waals surface area contributed by atoms with E-state index in [1.165, 1.54) is 11.8 Å². The van der Waals surface area contributed by atoms with Crippen LogP contribution in [0.2, 0.25) is 5.02 Å². The SMILES string of the molecule is O=C(CSc1nc2ccccc2[nH]1)N(Cc1nnc(-c2ccccc2Cl)o1)C1CC1. The summed E-state index contributed by atoms with van der Waals surface area (Å²) in [4.78, 5) is 22.5. The van der Waals surface area contributed by atoms with Crippen molar-refractivity contribution in [3.8, 4) is 11.5 Å². The number of para-hydroxylation sites is 2. The zero-order chi connectivity index (χ0) is 20.5. The van der Waals surface area contributed by atoms with Gasteiger partial charge in [-0.1, -0.05) is 47.6 Å². The topological polar surface area (TPSA) is 87.9 Å². The number of imidazole rings is 1. The molecule has 0 unspecified atom stereocenters. The molecule has 4 aromatic rings. The Bertz CT molecular complexity index is 1170. The fraction of sp³-hybridized carbons (Fsp3) is 0.238. The highest BCUT2D eigenvalue weighted by Crippen LogP contribution is 2.31. The summed E-state index contributed by atoms with van der Waals surface area (Å²) in [6, 6.07) is 15.3. The molecule has 0 aliphatic heterocycles. The number of carbonyl (C=O) groups excluding carboxylic acids is 1. The van der Waals surface area contributed by atoms with Crippen molar-refractivity contribution in [2.75, 3.05) is 5.75 Å². The van der Waals surface area contributed by atoms with Crippen LogP contribution in [0, 0.1) is 0 Å². The second-order valence-electron chi connectivity index (χ2n) is 7.08. The van der Waals surface area contributed by atoms with Crippen molar-refractivity contribution in [3.63, 3.8) is 0 Å². The molecule has 1 amide bonds. The third kappa shape index (κ3) is 4.06. The van der Waals surface area contributed by atoms with E-state index in [0.29, 0.717) is 34.7 Å². The monoisotopic (exact) mass is 439 g/mol. The molecule has 0 spiro atoms. The van der Waals surface area contributed by atoms with Gasteiger partial charge in [0.05, 0.1) is 33.9 Å². The van der Waals surface area contributed by atoms with E-state index in [1.807, 2.05) is 47.4 Å². The lowest BCUT2D eigenvalue weighted by molar-refractivity contribution is -0.129. The maximum atomic E-state index is 12.9. The van der Waals surface area contributed by atoms with Crippen LogP contribution < -0.4 is 0 Å². The van der Waals surface area contributed by atoms with E-state index in [0.717, 1.165) is 29.0 Å². The number of amides is 1. The maximum Gasteiger partial charge on any atom is 0.249 e. The molecule has 1 aliphatic carbocycles. The van der Waals surface area contributed by atoms with E-state index in [4.69, 9.17) is 16.0 Å². The van der Waals surface area contributed by atoms with E-state index in [-0.39, 0.29) is 11.9 Å². The minimum absolute atomic E-state index is 0.0282. The number of thioether (sulfide) groups is 1. The van der Waals surface area contributed by atoms with E-state index < -0.39 is 0 Å². The first-order valence-electron chi connectivity index (χ1n) is 9.61. The molecule has 0 bridgehead atoms. The fourth-order valence-corrected chi connectivity index (χ4v) is 4.21. The number of rotatable bonds is 7. The first-order chi connectivity index (χ1) is 14.7. The number of hydrogen-bond acceptors (Lipinski definition) is 6. The van der Waals surface area contributed by atoms with Crippen LogP contribution >= 0.6 is 23.4 Å². The third-order valence-corrected chi connectivity index (χ3v) is 6.07. The Morgan fingerprint density at radius 2 is 1.97 bits per heavy atom. The molecule has 30 heavy (non-hydrogen) atoms. The van der Waals surface area contributed by atoms with Gasteiger partial charge in [-0.15, -0.1) is 10.2 Å². The van der Waals surface area contributed by atoms with E-state index in [9.17, 15) is 4.79 Å². The molecule has 1 saturated carbocycles. The number of nitrogens with zero attached hydrogens (tertiary/aromatic N) is 4. The molecule has 1 fully saturated rings. The highest BCUT2D eigenvalue weighted by atomic mass is 35.5. The van der Waals surface area contributed by atoms with Crippen LogP contribution in [-0.4, -0.2) is 42.8 Å². The summed E-state index contributed by atoms with van der Waals surface area (Å²) in [5.74, 6) is 1.08. The molecule has 2 heterocycles. The minimum Gasteiger partial charge on any atom is -0.419 e. The van der Waals surface area contributed by atoms with Crippen molar-refractivity contribution in [1.82, 2.24) is 25.1 Å². The summed E-state index contributed by atoms with van der Waals surface area (Å²) in [6.45, 7) is 0.293. The number of fused-ring (bicyclic) bond motifs is 1. The van der Waals surface area contributed by atoms with Crippen molar-refractivity contribution in [3.05, 3.63) is 59.4 Å². The number of aromatic amines is 1. The molecule has 5 rings (SSSR count).